The Labute approximate surface area is 147 Å². The molecule has 25 heavy (non-hydrogen) atoms. The van der Waals surface area contributed by atoms with Crippen molar-refractivity contribution in [1.29, 1.82) is 0 Å². The lowest BCUT2D eigenvalue weighted by Gasteiger charge is -2.53. The molecule has 0 saturated carbocycles. The van der Waals surface area contributed by atoms with Crippen LogP contribution in [-0.4, -0.2) is 47.8 Å². The van der Waals surface area contributed by atoms with Gasteiger partial charge in [-0.15, -0.1) is 0 Å². The number of para-hydroxylation sites is 1. The summed E-state index contributed by atoms with van der Waals surface area (Å²) in [4.78, 5) is 15.2. The number of esters is 1. The summed E-state index contributed by atoms with van der Waals surface area (Å²) in [5.74, 6) is -0.473. The highest BCUT2D eigenvalue weighted by Gasteiger charge is 2.65. The maximum atomic E-state index is 12.8. The molecule has 2 saturated heterocycles. The second kappa shape index (κ2) is 4.86. The van der Waals surface area contributed by atoms with Crippen LogP contribution in [0, 0.1) is 5.92 Å². The fourth-order valence-corrected chi connectivity index (χ4v) is 5.95. The van der Waals surface area contributed by atoms with Crippen molar-refractivity contribution >= 4 is 11.7 Å². The predicted molar refractivity (Wildman–Crippen MR) is 94.1 cm³/mol. The highest BCUT2D eigenvalue weighted by atomic mass is 16.5. The molecule has 2 fully saturated rings. The Balaban J connectivity index is 1.81. The molecule has 3 aliphatic heterocycles. The van der Waals surface area contributed by atoms with Crippen molar-refractivity contribution in [2.45, 2.75) is 43.2 Å². The summed E-state index contributed by atoms with van der Waals surface area (Å²) in [6.45, 7) is 3.60. The van der Waals surface area contributed by atoms with Crippen LogP contribution >= 0.6 is 0 Å². The SMILES string of the molecule is CC[C@@]1(O)CN2CCC34C(=C(C(=O)OC)[C@H]1C[C@H]23)Nc1ccccc14. The topological polar surface area (TPSA) is 61.8 Å². The molecule has 1 spiro atoms. The summed E-state index contributed by atoms with van der Waals surface area (Å²) >= 11 is 0. The summed E-state index contributed by atoms with van der Waals surface area (Å²) in [6, 6.07) is 8.72. The zero-order valence-corrected chi connectivity index (χ0v) is 14.7. The molecule has 4 aliphatic rings. The maximum absolute atomic E-state index is 12.8. The highest BCUT2D eigenvalue weighted by Crippen LogP contribution is 2.62. The normalized spacial score (nSPS) is 38.2. The van der Waals surface area contributed by atoms with Gasteiger partial charge in [-0.2, -0.15) is 0 Å². The molecule has 1 aliphatic carbocycles. The smallest absolute Gasteiger partial charge is 0.335 e. The van der Waals surface area contributed by atoms with E-state index in [9.17, 15) is 9.90 Å². The minimum absolute atomic E-state index is 0.161. The van der Waals surface area contributed by atoms with Gasteiger partial charge in [0.1, 0.15) is 0 Å². The van der Waals surface area contributed by atoms with Crippen molar-refractivity contribution in [2.75, 3.05) is 25.5 Å². The van der Waals surface area contributed by atoms with E-state index in [-0.39, 0.29) is 17.3 Å². The molecule has 2 N–H and O–H groups in total. The molecule has 1 unspecified atom stereocenters. The first kappa shape index (κ1) is 15.4. The maximum Gasteiger partial charge on any atom is 0.335 e. The minimum atomic E-state index is -0.875. The Morgan fingerprint density at radius 1 is 1.44 bits per heavy atom. The minimum Gasteiger partial charge on any atom is -0.466 e. The number of ether oxygens (including phenoxy) is 1. The number of carbonyl (C=O) groups is 1. The van der Waals surface area contributed by atoms with Crippen LogP contribution in [0.25, 0.3) is 0 Å². The number of rotatable bonds is 2. The van der Waals surface area contributed by atoms with Crippen molar-refractivity contribution in [3.05, 3.63) is 41.1 Å². The quantitative estimate of drug-likeness (QED) is 0.807. The Morgan fingerprint density at radius 2 is 2.24 bits per heavy atom. The Morgan fingerprint density at radius 3 is 3.00 bits per heavy atom. The standard InChI is InChI=1S/C20H24N2O3/c1-3-19(24)11-22-9-8-20-12-6-4-5-7-14(12)21-17(20)16(18(23)25-2)13(19)10-15(20)22/h4-7,13,15,21,24H,3,8-11H2,1-2H3/t13-,15+,19-,20?/m1/s1. The number of piperidine rings is 1. The molecule has 5 rings (SSSR count). The van der Waals surface area contributed by atoms with Gasteiger partial charge in [0.15, 0.2) is 0 Å². The molecule has 1 aromatic rings. The molecule has 0 amide bonds. The van der Waals surface area contributed by atoms with Gasteiger partial charge in [-0.3, -0.25) is 4.90 Å². The Hall–Kier alpha value is -1.85. The van der Waals surface area contributed by atoms with Crippen LogP contribution in [0.3, 0.4) is 0 Å². The number of nitrogens with one attached hydrogen (secondary N) is 1. The fourth-order valence-electron chi connectivity index (χ4n) is 5.95. The number of hydrogen-bond donors (Lipinski definition) is 2. The third-order valence-electron chi connectivity index (χ3n) is 7.14. The average molecular weight is 340 g/mol. The van der Waals surface area contributed by atoms with Crippen LogP contribution in [0.15, 0.2) is 35.5 Å². The summed E-state index contributed by atoms with van der Waals surface area (Å²) in [7, 11) is 1.44. The second-order valence-corrected chi connectivity index (χ2v) is 7.90. The van der Waals surface area contributed by atoms with Gasteiger partial charge in [-0.1, -0.05) is 25.1 Å². The fraction of sp³-hybridized carbons (Fsp3) is 0.550. The van der Waals surface area contributed by atoms with Gasteiger partial charge in [0.2, 0.25) is 0 Å². The number of nitrogens with zero attached hydrogens (tertiary/aromatic N) is 1. The van der Waals surface area contributed by atoms with Crippen LogP contribution in [0.1, 0.15) is 31.7 Å². The zero-order valence-electron chi connectivity index (χ0n) is 14.7. The largest absolute Gasteiger partial charge is 0.466 e. The number of hydrogen-bond acceptors (Lipinski definition) is 5. The van der Waals surface area contributed by atoms with E-state index >= 15 is 0 Å². The summed E-state index contributed by atoms with van der Waals surface area (Å²) in [6.07, 6.45) is 2.42. The molecular formula is C20H24N2O3. The molecule has 5 nitrogen and oxygen atoms in total. The summed E-state index contributed by atoms with van der Waals surface area (Å²) < 4.78 is 5.17. The monoisotopic (exact) mass is 340 g/mol. The molecular weight excluding hydrogens is 316 g/mol. The number of methoxy groups -OCH3 is 1. The molecule has 132 valence electrons. The summed E-state index contributed by atoms with van der Waals surface area (Å²) in [5.41, 5.74) is 3.00. The van der Waals surface area contributed by atoms with Crippen LogP contribution in [-0.2, 0) is 14.9 Å². The van der Waals surface area contributed by atoms with E-state index < -0.39 is 5.60 Å². The van der Waals surface area contributed by atoms with Gasteiger partial charge in [-0.05, 0) is 37.4 Å². The molecule has 2 bridgehead atoms. The van der Waals surface area contributed by atoms with Gasteiger partial charge in [0.25, 0.3) is 0 Å². The Kier molecular flexibility index (Phi) is 3.00. The molecule has 5 heteroatoms. The lowest BCUT2D eigenvalue weighted by molar-refractivity contribution is -0.142. The van der Waals surface area contributed by atoms with Gasteiger partial charge in [-0.25, -0.2) is 4.79 Å². The van der Waals surface area contributed by atoms with Crippen LogP contribution in [0.5, 0.6) is 0 Å². The molecule has 0 aromatic heterocycles. The second-order valence-electron chi connectivity index (χ2n) is 7.90. The van der Waals surface area contributed by atoms with Crippen molar-refractivity contribution in [1.82, 2.24) is 4.90 Å². The number of anilines is 1. The third-order valence-corrected chi connectivity index (χ3v) is 7.14. The number of fused-ring (bicyclic) bond motifs is 2. The van der Waals surface area contributed by atoms with Gasteiger partial charge >= 0.3 is 5.97 Å². The van der Waals surface area contributed by atoms with Crippen molar-refractivity contribution in [2.24, 2.45) is 5.92 Å². The van der Waals surface area contributed by atoms with E-state index in [2.05, 4.69) is 28.4 Å². The average Bonchev–Trinajstić information content (AvgIpc) is 3.18. The molecule has 3 heterocycles. The van der Waals surface area contributed by atoms with Crippen LogP contribution in [0.4, 0.5) is 5.69 Å². The first-order valence-electron chi connectivity index (χ1n) is 9.21. The van der Waals surface area contributed by atoms with E-state index in [4.69, 9.17) is 4.74 Å². The van der Waals surface area contributed by atoms with Gasteiger partial charge in [0.05, 0.1) is 23.7 Å². The lowest BCUT2D eigenvalue weighted by Crippen LogP contribution is -2.62. The molecule has 4 atom stereocenters. The van der Waals surface area contributed by atoms with E-state index in [1.807, 2.05) is 13.0 Å². The van der Waals surface area contributed by atoms with Crippen molar-refractivity contribution in [3.8, 4) is 0 Å². The highest BCUT2D eigenvalue weighted by molar-refractivity contribution is 5.93. The van der Waals surface area contributed by atoms with Crippen molar-refractivity contribution < 1.29 is 14.6 Å². The van der Waals surface area contributed by atoms with E-state index in [0.29, 0.717) is 24.6 Å². The van der Waals surface area contributed by atoms with Crippen LogP contribution in [0.2, 0.25) is 0 Å². The zero-order chi connectivity index (χ0) is 17.4. The summed E-state index contributed by atoms with van der Waals surface area (Å²) in [5, 5.41) is 14.9. The lowest BCUT2D eigenvalue weighted by atomic mass is 9.59. The van der Waals surface area contributed by atoms with E-state index in [0.717, 1.165) is 30.8 Å². The van der Waals surface area contributed by atoms with Crippen LogP contribution < -0.4 is 5.32 Å². The number of benzene rings is 1. The van der Waals surface area contributed by atoms with Gasteiger partial charge in [0, 0.05) is 29.9 Å². The van der Waals surface area contributed by atoms with Crippen molar-refractivity contribution in [3.63, 3.8) is 0 Å². The first-order valence-corrected chi connectivity index (χ1v) is 9.21. The molecule has 1 aromatic carbocycles. The first-order chi connectivity index (χ1) is 12.0. The van der Waals surface area contributed by atoms with E-state index in [1.54, 1.807) is 0 Å². The third kappa shape index (κ3) is 1.68. The van der Waals surface area contributed by atoms with E-state index in [1.165, 1.54) is 12.7 Å². The molecule has 0 radical (unpaired) electrons. The number of aliphatic hydroxyl groups is 1. The van der Waals surface area contributed by atoms with Gasteiger partial charge < -0.3 is 15.2 Å². The Bertz CT molecular complexity index is 804. The predicted octanol–water partition coefficient (Wildman–Crippen LogP) is 2.03. The number of carbonyl (C=O) groups excluding carboxylic acids is 1.